The maximum atomic E-state index is 10.3. The molecule has 140 valence electrons. The van der Waals surface area contributed by atoms with E-state index in [-0.39, 0.29) is 6.42 Å². The van der Waals surface area contributed by atoms with Gasteiger partial charge in [-0.15, -0.1) is 0 Å². The molecule has 1 unspecified atom stereocenters. The third kappa shape index (κ3) is 19.0. The fraction of sp³-hybridized carbons (Fsp3) is 0.762. The highest BCUT2D eigenvalue weighted by atomic mass is 16.4. The van der Waals surface area contributed by atoms with Crippen LogP contribution in [0.5, 0.6) is 0 Å². The van der Waals surface area contributed by atoms with Crippen molar-refractivity contribution in [1.29, 1.82) is 0 Å². The highest BCUT2D eigenvalue weighted by molar-refractivity contribution is 5.64. The molecule has 3 heteroatoms. The summed E-state index contributed by atoms with van der Waals surface area (Å²) in [5.74, 6) is -1.16. The first-order valence-electron chi connectivity index (χ1n) is 9.84. The molecular formula is C21H37O3-. The number of aliphatic hydroxyl groups excluding tert-OH is 1. The van der Waals surface area contributed by atoms with Crippen LogP contribution in [0.4, 0.5) is 0 Å². The first kappa shape index (κ1) is 22.9. The number of carboxylic acid groups (broad SMARTS) is 1. The smallest absolute Gasteiger partial charge is 0.0592 e. The lowest BCUT2D eigenvalue weighted by Gasteiger charge is -2.10. The molecule has 0 bridgehead atoms. The minimum Gasteiger partial charge on any atom is -0.550 e. The minimum absolute atomic E-state index is 0.236. The molecule has 0 saturated heterocycles. The van der Waals surface area contributed by atoms with Crippen molar-refractivity contribution in [3.8, 4) is 0 Å². The van der Waals surface area contributed by atoms with Crippen molar-refractivity contribution >= 4 is 5.97 Å². The lowest BCUT2D eigenvalue weighted by Crippen LogP contribution is -2.27. The zero-order valence-electron chi connectivity index (χ0n) is 15.5. The van der Waals surface area contributed by atoms with Crippen LogP contribution in [0.1, 0.15) is 96.8 Å². The number of allylic oxidation sites excluding steroid dienone is 4. The Morgan fingerprint density at radius 2 is 1.42 bits per heavy atom. The summed E-state index contributed by atoms with van der Waals surface area (Å²) in [6.45, 7) is 2.23. The normalized spacial score (nSPS) is 13.1. The predicted octanol–water partition coefficient (Wildman–Crippen LogP) is 4.69. The van der Waals surface area contributed by atoms with E-state index in [4.69, 9.17) is 0 Å². The molecule has 0 saturated carbocycles. The zero-order chi connectivity index (χ0) is 17.9. The van der Waals surface area contributed by atoms with E-state index in [1.54, 1.807) is 0 Å². The summed E-state index contributed by atoms with van der Waals surface area (Å²) in [7, 11) is 0. The molecule has 0 aliphatic heterocycles. The van der Waals surface area contributed by atoms with Gasteiger partial charge in [-0.2, -0.15) is 0 Å². The summed E-state index contributed by atoms with van der Waals surface area (Å²) in [6, 6.07) is 0. The molecule has 0 aliphatic carbocycles. The Kier molecular flexibility index (Phi) is 17.4. The third-order valence-corrected chi connectivity index (χ3v) is 4.14. The van der Waals surface area contributed by atoms with Crippen molar-refractivity contribution < 1.29 is 15.0 Å². The number of rotatable bonds is 17. The largest absolute Gasteiger partial charge is 0.550 e. The fourth-order valence-corrected chi connectivity index (χ4v) is 2.66. The van der Waals surface area contributed by atoms with Gasteiger partial charge in [0.25, 0.3) is 0 Å². The Bertz CT molecular complexity index is 334. The number of carboxylic acids is 1. The van der Waals surface area contributed by atoms with E-state index in [2.05, 4.69) is 31.2 Å². The van der Waals surface area contributed by atoms with E-state index < -0.39 is 12.1 Å². The van der Waals surface area contributed by atoms with Gasteiger partial charge in [-0.3, -0.25) is 0 Å². The molecule has 0 amide bonds. The number of aliphatic carboxylic acids is 1. The van der Waals surface area contributed by atoms with Crippen molar-refractivity contribution in [2.24, 2.45) is 0 Å². The molecule has 24 heavy (non-hydrogen) atoms. The summed E-state index contributed by atoms with van der Waals surface area (Å²) in [4.78, 5) is 10.3. The molecule has 0 radical (unpaired) electrons. The van der Waals surface area contributed by atoms with Crippen LogP contribution >= 0.6 is 0 Å². The number of aliphatic hydroxyl groups is 1. The Morgan fingerprint density at radius 1 is 0.875 bits per heavy atom. The van der Waals surface area contributed by atoms with Crippen LogP contribution in [0, 0.1) is 0 Å². The van der Waals surface area contributed by atoms with Crippen molar-refractivity contribution in [2.75, 3.05) is 0 Å². The Labute approximate surface area is 148 Å². The molecule has 0 aromatic carbocycles. The second kappa shape index (κ2) is 18.3. The van der Waals surface area contributed by atoms with E-state index in [0.29, 0.717) is 6.42 Å². The van der Waals surface area contributed by atoms with Crippen molar-refractivity contribution in [2.45, 2.75) is 103 Å². The summed E-state index contributed by atoms with van der Waals surface area (Å²) in [5, 5.41) is 19.7. The van der Waals surface area contributed by atoms with Gasteiger partial charge in [-0.1, -0.05) is 76.2 Å². The van der Waals surface area contributed by atoms with Gasteiger partial charge in [0.15, 0.2) is 0 Å². The highest BCUT2D eigenvalue weighted by Gasteiger charge is 2.03. The molecule has 0 spiro atoms. The molecule has 0 heterocycles. The minimum atomic E-state index is -1.16. The zero-order valence-corrected chi connectivity index (χ0v) is 15.5. The Morgan fingerprint density at radius 3 is 2.00 bits per heavy atom. The average molecular weight is 338 g/mol. The van der Waals surface area contributed by atoms with Gasteiger partial charge in [0.2, 0.25) is 0 Å². The molecule has 0 aromatic heterocycles. The summed E-state index contributed by atoms with van der Waals surface area (Å²) in [6.07, 6.45) is 22.9. The molecule has 1 atom stereocenters. The lowest BCUT2D eigenvalue weighted by atomic mass is 10.0. The van der Waals surface area contributed by atoms with E-state index in [1.165, 1.54) is 51.4 Å². The summed E-state index contributed by atoms with van der Waals surface area (Å²) < 4.78 is 0. The van der Waals surface area contributed by atoms with E-state index in [9.17, 15) is 15.0 Å². The monoisotopic (exact) mass is 337 g/mol. The Hall–Kier alpha value is -1.09. The second-order valence-electron chi connectivity index (χ2n) is 6.60. The number of carbonyl (C=O) groups excluding carboxylic acids is 1. The second-order valence-corrected chi connectivity index (χ2v) is 6.60. The van der Waals surface area contributed by atoms with Gasteiger partial charge in [-0.25, -0.2) is 0 Å². The van der Waals surface area contributed by atoms with Gasteiger partial charge >= 0.3 is 0 Å². The Balaban J connectivity index is 3.24. The first-order chi connectivity index (χ1) is 11.7. The number of carbonyl (C=O) groups is 1. The van der Waals surface area contributed by atoms with E-state index in [1.807, 2.05) is 0 Å². The van der Waals surface area contributed by atoms with Crippen LogP contribution < -0.4 is 5.11 Å². The average Bonchev–Trinajstić information content (AvgIpc) is 2.53. The maximum Gasteiger partial charge on any atom is 0.0592 e. The number of hydrogen-bond acceptors (Lipinski definition) is 3. The van der Waals surface area contributed by atoms with Crippen LogP contribution in [-0.4, -0.2) is 17.2 Å². The van der Waals surface area contributed by atoms with Crippen LogP contribution in [0.3, 0.4) is 0 Å². The maximum absolute atomic E-state index is 10.3. The van der Waals surface area contributed by atoms with Crippen molar-refractivity contribution in [3.63, 3.8) is 0 Å². The predicted molar refractivity (Wildman–Crippen MR) is 99.6 cm³/mol. The van der Waals surface area contributed by atoms with Gasteiger partial charge in [0.1, 0.15) is 0 Å². The fourth-order valence-electron chi connectivity index (χ4n) is 2.66. The van der Waals surface area contributed by atoms with Gasteiger partial charge in [0.05, 0.1) is 6.10 Å². The van der Waals surface area contributed by atoms with Crippen LogP contribution in [0.2, 0.25) is 0 Å². The van der Waals surface area contributed by atoms with Crippen LogP contribution in [0.15, 0.2) is 24.3 Å². The summed E-state index contributed by atoms with van der Waals surface area (Å²) in [5.41, 5.74) is 0. The molecule has 1 N–H and O–H groups in total. The molecule has 0 aromatic rings. The van der Waals surface area contributed by atoms with Gasteiger partial charge in [-0.05, 0) is 38.5 Å². The van der Waals surface area contributed by atoms with Crippen LogP contribution in [-0.2, 0) is 4.79 Å². The van der Waals surface area contributed by atoms with Crippen molar-refractivity contribution in [3.05, 3.63) is 24.3 Å². The van der Waals surface area contributed by atoms with E-state index >= 15 is 0 Å². The highest BCUT2D eigenvalue weighted by Crippen LogP contribution is 2.11. The summed E-state index contributed by atoms with van der Waals surface area (Å²) >= 11 is 0. The first-order valence-corrected chi connectivity index (χ1v) is 9.84. The number of unbranched alkanes of at least 4 members (excludes halogenated alkanes) is 9. The third-order valence-electron chi connectivity index (χ3n) is 4.14. The molecule has 0 rings (SSSR count). The van der Waals surface area contributed by atoms with E-state index in [0.717, 1.165) is 25.7 Å². The quantitative estimate of drug-likeness (QED) is 0.309. The lowest BCUT2D eigenvalue weighted by molar-refractivity contribution is -0.307. The van der Waals surface area contributed by atoms with Crippen molar-refractivity contribution in [1.82, 2.24) is 0 Å². The molecular weight excluding hydrogens is 300 g/mol. The van der Waals surface area contributed by atoms with Gasteiger partial charge < -0.3 is 15.0 Å². The molecule has 0 fully saturated rings. The SMILES string of the molecule is CCCCC/C=C/C/C=C/CCCCCCCCC(O)CC(=O)[O-]. The topological polar surface area (TPSA) is 60.4 Å². The molecule has 3 nitrogen and oxygen atoms in total. The van der Waals surface area contributed by atoms with Crippen LogP contribution in [0.25, 0.3) is 0 Å². The molecule has 0 aliphatic rings. The number of hydrogen-bond donors (Lipinski definition) is 1. The van der Waals surface area contributed by atoms with Gasteiger partial charge in [0, 0.05) is 12.4 Å². The standard InChI is InChI=1S/C21H38O3/c1-2-3-4-5-6-7-8-9-10-11-12-13-14-15-16-17-18-20(22)19-21(23)24/h6-7,9-10,20,22H,2-5,8,11-19H2,1H3,(H,23,24)/p-1/b7-6+,10-9+.